The van der Waals surface area contributed by atoms with Crippen molar-refractivity contribution in [1.82, 2.24) is 20.2 Å². The second-order valence-corrected chi connectivity index (χ2v) is 7.19. The third-order valence-electron chi connectivity index (χ3n) is 5.01. The minimum absolute atomic E-state index is 0.124. The standard InChI is InChI=1S/C20H18FN5O3/c21-14-5-3-4-13(10-14)19-23-25-26(24-19)12-18(27)22-15-6-7-16-17(11-15)29-20(28-16)8-1-2-9-20/h3-7,10-11H,1-2,8-9,12H2,(H,22,27). The molecule has 2 aromatic carbocycles. The fraction of sp³-hybridized carbons (Fsp3) is 0.300. The number of rotatable bonds is 4. The molecule has 148 valence electrons. The molecule has 1 N–H and O–H groups in total. The zero-order valence-corrected chi connectivity index (χ0v) is 15.5. The summed E-state index contributed by atoms with van der Waals surface area (Å²) in [5.74, 6) is 0.339. The summed E-state index contributed by atoms with van der Waals surface area (Å²) in [6, 6.07) is 11.2. The number of nitrogens with one attached hydrogen (secondary N) is 1. The van der Waals surface area contributed by atoms with Crippen LogP contribution in [0.1, 0.15) is 25.7 Å². The molecule has 0 bridgehead atoms. The molecule has 1 saturated carbocycles. The lowest BCUT2D eigenvalue weighted by Crippen LogP contribution is -2.34. The van der Waals surface area contributed by atoms with Crippen LogP contribution in [0.25, 0.3) is 11.4 Å². The molecule has 1 aromatic heterocycles. The number of carbonyl (C=O) groups excluding carboxylic acids is 1. The number of hydrogen-bond acceptors (Lipinski definition) is 6. The third kappa shape index (κ3) is 3.51. The van der Waals surface area contributed by atoms with E-state index in [0.717, 1.165) is 30.5 Å². The minimum atomic E-state index is -0.539. The summed E-state index contributed by atoms with van der Waals surface area (Å²) in [5.41, 5.74) is 1.09. The van der Waals surface area contributed by atoms with Gasteiger partial charge in [-0.05, 0) is 42.3 Å². The number of carbonyl (C=O) groups is 1. The normalized spacial score (nSPS) is 16.3. The SMILES string of the molecule is O=C(Cn1nnc(-c2cccc(F)c2)n1)Nc1ccc2c(c1)OC1(CCCC1)O2. The van der Waals surface area contributed by atoms with Crippen molar-refractivity contribution in [3.63, 3.8) is 0 Å². The van der Waals surface area contributed by atoms with E-state index in [4.69, 9.17) is 9.47 Å². The number of anilines is 1. The molecule has 9 heteroatoms. The predicted molar refractivity (Wildman–Crippen MR) is 101 cm³/mol. The van der Waals surface area contributed by atoms with Crippen LogP contribution in [0.3, 0.4) is 0 Å². The van der Waals surface area contributed by atoms with Gasteiger partial charge in [-0.25, -0.2) is 4.39 Å². The molecule has 0 unspecified atom stereocenters. The highest BCUT2D eigenvalue weighted by atomic mass is 19.1. The summed E-state index contributed by atoms with van der Waals surface area (Å²) in [6.45, 7) is -0.124. The van der Waals surface area contributed by atoms with Gasteiger partial charge in [0.15, 0.2) is 11.5 Å². The van der Waals surface area contributed by atoms with Gasteiger partial charge in [0.25, 0.3) is 5.79 Å². The molecule has 2 aliphatic rings. The quantitative estimate of drug-likeness (QED) is 0.730. The maximum Gasteiger partial charge on any atom is 0.251 e. The molecule has 0 saturated heterocycles. The summed E-state index contributed by atoms with van der Waals surface area (Å²) < 4.78 is 25.3. The molecular formula is C20H18FN5O3. The summed E-state index contributed by atoms with van der Waals surface area (Å²) in [6.07, 6.45) is 3.91. The number of tetrazole rings is 1. The van der Waals surface area contributed by atoms with Gasteiger partial charge in [-0.2, -0.15) is 4.80 Å². The number of nitrogens with zero attached hydrogens (tertiary/aromatic N) is 4. The first-order valence-corrected chi connectivity index (χ1v) is 9.44. The third-order valence-corrected chi connectivity index (χ3v) is 5.01. The molecular weight excluding hydrogens is 377 g/mol. The Balaban J connectivity index is 1.24. The summed E-state index contributed by atoms with van der Waals surface area (Å²) in [5, 5.41) is 14.7. The Hall–Kier alpha value is -3.49. The lowest BCUT2D eigenvalue weighted by Gasteiger charge is -2.21. The summed E-state index contributed by atoms with van der Waals surface area (Å²) in [7, 11) is 0. The lowest BCUT2D eigenvalue weighted by atomic mass is 10.2. The van der Waals surface area contributed by atoms with Crippen molar-refractivity contribution in [2.24, 2.45) is 0 Å². The first kappa shape index (κ1) is 17.6. The topological polar surface area (TPSA) is 91.2 Å². The highest BCUT2D eigenvalue weighted by Crippen LogP contribution is 2.47. The number of ether oxygens (including phenoxy) is 2. The monoisotopic (exact) mass is 395 g/mol. The first-order chi connectivity index (χ1) is 14.1. The van der Waals surface area contributed by atoms with Crippen LogP contribution >= 0.6 is 0 Å². The Morgan fingerprint density at radius 1 is 1.14 bits per heavy atom. The van der Waals surface area contributed by atoms with Crippen LogP contribution in [0.5, 0.6) is 11.5 Å². The van der Waals surface area contributed by atoms with E-state index in [1.807, 2.05) is 0 Å². The first-order valence-electron chi connectivity index (χ1n) is 9.44. The Morgan fingerprint density at radius 2 is 1.97 bits per heavy atom. The second kappa shape index (κ2) is 6.84. The summed E-state index contributed by atoms with van der Waals surface area (Å²) >= 11 is 0. The number of fused-ring (bicyclic) bond motifs is 1. The van der Waals surface area contributed by atoms with Crippen LogP contribution in [-0.2, 0) is 11.3 Å². The van der Waals surface area contributed by atoms with E-state index in [1.165, 1.54) is 12.1 Å². The number of hydrogen-bond donors (Lipinski definition) is 1. The second-order valence-electron chi connectivity index (χ2n) is 7.19. The maximum atomic E-state index is 13.3. The van der Waals surface area contributed by atoms with E-state index in [1.54, 1.807) is 30.3 Å². The number of benzene rings is 2. The highest BCUT2D eigenvalue weighted by Gasteiger charge is 2.44. The minimum Gasteiger partial charge on any atom is -0.448 e. The average Bonchev–Trinajstić information content (AvgIpc) is 3.42. The molecule has 1 aliphatic heterocycles. The van der Waals surface area contributed by atoms with Crippen molar-refractivity contribution < 1.29 is 18.7 Å². The molecule has 0 radical (unpaired) electrons. The van der Waals surface area contributed by atoms with E-state index in [-0.39, 0.29) is 18.3 Å². The lowest BCUT2D eigenvalue weighted by molar-refractivity contribution is -0.117. The van der Waals surface area contributed by atoms with Gasteiger partial charge in [-0.1, -0.05) is 12.1 Å². The summed E-state index contributed by atoms with van der Waals surface area (Å²) in [4.78, 5) is 13.5. The zero-order chi connectivity index (χ0) is 19.8. The molecule has 1 aliphatic carbocycles. The van der Waals surface area contributed by atoms with Crippen LogP contribution in [0.2, 0.25) is 0 Å². The van der Waals surface area contributed by atoms with Gasteiger partial charge < -0.3 is 14.8 Å². The Morgan fingerprint density at radius 3 is 2.79 bits per heavy atom. The predicted octanol–water partition coefficient (Wildman–Crippen LogP) is 3.16. The largest absolute Gasteiger partial charge is 0.448 e. The maximum absolute atomic E-state index is 13.3. The van der Waals surface area contributed by atoms with Gasteiger partial charge in [0.2, 0.25) is 11.7 Å². The molecule has 1 fully saturated rings. The molecule has 1 amide bonds. The Kier molecular flexibility index (Phi) is 4.15. The van der Waals surface area contributed by atoms with Crippen molar-refractivity contribution in [2.45, 2.75) is 38.0 Å². The van der Waals surface area contributed by atoms with Crippen molar-refractivity contribution >= 4 is 11.6 Å². The molecule has 3 aromatic rings. The van der Waals surface area contributed by atoms with Gasteiger partial charge in [-0.3, -0.25) is 4.79 Å². The van der Waals surface area contributed by atoms with Crippen LogP contribution < -0.4 is 14.8 Å². The average molecular weight is 395 g/mol. The molecule has 2 heterocycles. The van der Waals surface area contributed by atoms with E-state index < -0.39 is 11.6 Å². The van der Waals surface area contributed by atoms with E-state index >= 15 is 0 Å². The smallest absolute Gasteiger partial charge is 0.251 e. The van der Waals surface area contributed by atoms with Crippen molar-refractivity contribution in [2.75, 3.05) is 5.32 Å². The Labute approximate surface area is 165 Å². The van der Waals surface area contributed by atoms with Crippen molar-refractivity contribution in [3.05, 3.63) is 48.3 Å². The van der Waals surface area contributed by atoms with E-state index in [2.05, 4.69) is 20.7 Å². The van der Waals surface area contributed by atoms with Gasteiger partial charge in [-0.15, -0.1) is 10.2 Å². The molecule has 8 nitrogen and oxygen atoms in total. The van der Waals surface area contributed by atoms with Crippen LogP contribution in [0, 0.1) is 5.82 Å². The van der Waals surface area contributed by atoms with E-state index in [9.17, 15) is 9.18 Å². The van der Waals surface area contributed by atoms with Crippen LogP contribution in [-0.4, -0.2) is 31.9 Å². The van der Waals surface area contributed by atoms with Crippen molar-refractivity contribution in [3.8, 4) is 22.9 Å². The van der Waals surface area contributed by atoms with Gasteiger partial charge in [0.1, 0.15) is 12.4 Å². The molecule has 29 heavy (non-hydrogen) atoms. The van der Waals surface area contributed by atoms with Gasteiger partial charge in [0.05, 0.1) is 0 Å². The number of aromatic nitrogens is 4. The fourth-order valence-corrected chi connectivity index (χ4v) is 3.67. The highest BCUT2D eigenvalue weighted by molar-refractivity contribution is 5.90. The van der Waals surface area contributed by atoms with Crippen molar-refractivity contribution in [1.29, 1.82) is 0 Å². The van der Waals surface area contributed by atoms with E-state index in [0.29, 0.717) is 22.7 Å². The van der Waals surface area contributed by atoms with Crippen LogP contribution in [0.4, 0.5) is 10.1 Å². The zero-order valence-electron chi connectivity index (χ0n) is 15.5. The molecule has 1 spiro atoms. The number of halogens is 1. The molecule has 5 rings (SSSR count). The Bertz CT molecular complexity index is 1080. The van der Waals surface area contributed by atoms with Gasteiger partial charge >= 0.3 is 0 Å². The van der Waals surface area contributed by atoms with Crippen LogP contribution in [0.15, 0.2) is 42.5 Å². The van der Waals surface area contributed by atoms with Gasteiger partial charge in [0, 0.05) is 30.2 Å². The molecule has 0 atom stereocenters. The fourth-order valence-electron chi connectivity index (χ4n) is 3.67. The number of amides is 1.